The molecular weight excluding hydrogens is 306 g/mol. The number of ether oxygens (including phenoxy) is 1. The molecule has 0 atom stereocenters. The van der Waals surface area contributed by atoms with Crippen LogP contribution in [0.1, 0.15) is 60.6 Å². The molecule has 0 amide bonds. The van der Waals surface area contributed by atoms with E-state index in [0.717, 1.165) is 18.4 Å². The summed E-state index contributed by atoms with van der Waals surface area (Å²) in [5.74, 6) is -0.635. The number of aromatic carboxylic acids is 1. The summed E-state index contributed by atoms with van der Waals surface area (Å²) in [6.45, 7) is 3.72. The molecule has 1 heterocycles. The van der Waals surface area contributed by atoms with Gasteiger partial charge in [-0.3, -0.25) is 4.79 Å². The van der Waals surface area contributed by atoms with Crippen LogP contribution in [-0.2, 0) is 6.42 Å². The number of carboxylic acids is 1. The minimum Gasteiger partial charge on any atom is -0.495 e. The van der Waals surface area contributed by atoms with Crippen LogP contribution >= 0.6 is 0 Å². The zero-order valence-corrected chi connectivity index (χ0v) is 14.6. The van der Waals surface area contributed by atoms with Gasteiger partial charge in [-0.2, -0.15) is 0 Å². The Bertz CT molecular complexity index is 792. The maximum atomic E-state index is 12.6. The highest BCUT2D eigenvalue weighted by molar-refractivity contribution is 5.93. The maximum Gasteiger partial charge on any atom is 0.352 e. The molecular formula is C19H25NO4. The van der Waals surface area contributed by atoms with Gasteiger partial charge in [0.05, 0.1) is 12.6 Å². The number of aryl methyl sites for hydroxylation is 1. The summed E-state index contributed by atoms with van der Waals surface area (Å²) in [4.78, 5) is 26.7. The Morgan fingerprint density at radius 3 is 2.54 bits per heavy atom. The van der Waals surface area contributed by atoms with Crippen molar-refractivity contribution in [2.24, 2.45) is 0 Å². The van der Waals surface area contributed by atoms with Gasteiger partial charge in [0.2, 0.25) is 0 Å². The first-order valence-corrected chi connectivity index (χ1v) is 8.46. The second kappa shape index (κ2) is 7.99. The van der Waals surface area contributed by atoms with Crippen LogP contribution in [0.15, 0.2) is 16.9 Å². The summed E-state index contributed by atoms with van der Waals surface area (Å²) in [6.07, 6.45) is 6.81. The molecule has 130 valence electrons. The Kier molecular flexibility index (Phi) is 6.01. The number of carbonyl (C=O) groups is 1. The van der Waals surface area contributed by atoms with Crippen LogP contribution in [-0.4, -0.2) is 23.2 Å². The average Bonchev–Trinajstić information content (AvgIpc) is 2.57. The van der Waals surface area contributed by atoms with Gasteiger partial charge in [0.15, 0.2) is 5.43 Å². The van der Waals surface area contributed by atoms with Crippen LogP contribution in [0.25, 0.3) is 10.9 Å². The fourth-order valence-corrected chi connectivity index (χ4v) is 2.97. The molecule has 1 aromatic heterocycles. The zero-order valence-electron chi connectivity index (χ0n) is 14.6. The van der Waals surface area contributed by atoms with E-state index in [9.17, 15) is 14.7 Å². The van der Waals surface area contributed by atoms with Crippen molar-refractivity contribution < 1.29 is 14.6 Å². The van der Waals surface area contributed by atoms with Crippen LogP contribution in [0.2, 0.25) is 0 Å². The van der Waals surface area contributed by atoms with Crippen molar-refractivity contribution in [3.63, 3.8) is 0 Å². The van der Waals surface area contributed by atoms with E-state index in [1.807, 2.05) is 12.1 Å². The van der Waals surface area contributed by atoms with Gasteiger partial charge in [-0.05, 0) is 37.5 Å². The summed E-state index contributed by atoms with van der Waals surface area (Å²) in [5, 5.41) is 9.73. The Balaban J connectivity index is 2.40. The first-order valence-electron chi connectivity index (χ1n) is 8.46. The summed E-state index contributed by atoms with van der Waals surface area (Å²) in [5.41, 5.74) is 1.37. The molecule has 2 N–H and O–H groups in total. The lowest BCUT2D eigenvalue weighted by atomic mass is 10.0. The quantitative estimate of drug-likeness (QED) is 0.715. The number of rotatable bonds is 8. The number of hydrogen-bond donors (Lipinski definition) is 2. The molecule has 5 nitrogen and oxygen atoms in total. The fraction of sp³-hybridized carbons (Fsp3) is 0.474. The van der Waals surface area contributed by atoms with Gasteiger partial charge in [-0.25, -0.2) is 4.79 Å². The first kappa shape index (κ1) is 18.0. The SMILES string of the molecule is CCCCCCCc1cc(OC)c2[nH]c(C(=O)O)c(C)c(=O)c2c1. The normalized spacial score (nSPS) is 11.0. The summed E-state index contributed by atoms with van der Waals surface area (Å²) in [6, 6.07) is 3.74. The molecule has 5 heteroatoms. The Hall–Kier alpha value is -2.30. The lowest BCUT2D eigenvalue weighted by molar-refractivity contribution is 0.0690. The predicted octanol–water partition coefficient (Wildman–Crippen LogP) is 4.06. The smallest absolute Gasteiger partial charge is 0.352 e. The number of aromatic nitrogens is 1. The van der Waals surface area contributed by atoms with E-state index in [1.54, 1.807) is 0 Å². The average molecular weight is 331 g/mol. The second-order valence-corrected chi connectivity index (χ2v) is 6.14. The molecule has 1 aromatic carbocycles. The van der Waals surface area contributed by atoms with Crippen LogP contribution in [0.5, 0.6) is 5.75 Å². The monoisotopic (exact) mass is 331 g/mol. The Morgan fingerprint density at radius 2 is 1.92 bits per heavy atom. The van der Waals surface area contributed by atoms with Crippen molar-refractivity contribution >= 4 is 16.9 Å². The van der Waals surface area contributed by atoms with E-state index >= 15 is 0 Å². The molecule has 0 radical (unpaired) electrons. The van der Waals surface area contributed by atoms with E-state index in [2.05, 4.69) is 11.9 Å². The number of methoxy groups -OCH3 is 1. The van der Waals surface area contributed by atoms with Crippen LogP contribution in [0.3, 0.4) is 0 Å². The number of H-pyrrole nitrogens is 1. The molecule has 0 aliphatic rings. The van der Waals surface area contributed by atoms with Gasteiger partial charge < -0.3 is 14.8 Å². The maximum absolute atomic E-state index is 12.6. The zero-order chi connectivity index (χ0) is 17.7. The first-order chi connectivity index (χ1) is 11.5. The third-order valence-electron chi connectivity index (χ3n) is 4.37. The molecule has 0 unspecified atom stereocenters. The Labute approximate surface area is 141 Å². The highest BCUT2D eigenvalue weighted by atomic mass is 16.5. The molecule has 0 saturated heterocycles. The van der Waals surface area contributed by atoms with Gasteiger partial charge in [0.25, 0.3) is 0 Å². The number of nitrogens with one attached hydrogen (secondary N) is 1. The second-order valence-electron chi connectivity index (χ2n) is 6.14. The molecule has 2 aromatic rings. The van der Waals surface area contributed by atoms with Crippen molar-refractivity contribution in [1.82, 2.24) is 4.98 Å². The Morgan fingerprint density at radius 1 is 1.21 bits per heavy atom. The van der Waals surface area contributed by atoms with Gasteiger partial charge >= 0.3 is 5.97 Å². The van der Waals surface area contributed by atoms with Gasteiger partial charge in [-0.1, -0.05) is 32.6 Å². The predicted molar refractivity (Wildman–Crippen MR) is 95.3 cm³/mol. The van der Waals surface area contributed by atoms with Gasteiger partial charge in [-0.15, -0.1) is 0 Å². The number of benzene rings is 1. The molecule has 0 saturated carbocycles. The number of fused-ring (bicyclic) bond motifs is 1. The third kappa shape index (κ3) is 3.78. The van der Waals surface area contributed by atoms with E-state index < -0.39 is 5.97 Å². The van der Waals surface area contributed by atoms with Crippen molar-refractivity contribution in [3.05, 3.63) is 39.2 Å². The number of aromatic amines is 1. The van der Waals surface area contributed by atoms with E-state index in [-0.39, 0.29) is 16.7 Å². The lowest BCUT2D eigenvalue weighted by Gasteiger charge is -2.11. The third-order valence-corrected chi connectivity index (χ3v) is 4.37. The highest BCUT2D eigenvalue weighted by Gasteiger charge is 2.17. The van der Waals surface area contributed by atoms with Gasteiger partial charge in [0.1, 0.15) is 11.4 Å². The van der Waals surface area contributed by atoms with Crippen molar-refractivity contribution in [1.29, 1.82) is 0 Å². The molecule has 0 bridgehead atoms. The van der Waals surface area contributed by atoms with Crippen LogP contribution in [0.4, 0.5) is 0 Å². The molecule has 24 heavy (non-hydrogen) atoms. The van der Waals surface area contributed by atoms with Crippen molar-refractivity contribution in [2.75, 3.05) is 7.11 Å². The number of hydrogen-bond acceptors (Lipinski definition) is 3. The van der Waals surface area contributed by atoms with Crippen molar-refractivity contribution in [3.8, 4) is 5.75 Å². The van der Waals surface area contributed by atoms with E-state index in [1.165, 1.54) is 39.7 Å². The summed E-state index contributed by atoms with van der Waals surface area (Å²) >= 11 is 0. The largest absolute Gasteiger partial charge is 0.495 e. The standard InChI is InChI=1S/C19H25NO4/c1-4-5-6-7-8-9-13-10-14-17(15(11-13)24-3)20-16(19(22)23)12(2)18(14)21/h10-11H,4-9H2,1-3H3,(H,20,21)(H,22,23). The van der Waals surface area contributed by atoms with E-state index in [0.29, 0.717) is 16.7 Å². The molecule has 0 aliphatic carbocycles. The van der Waals surface area contributed by atoms with Gasteiger partial charge in [0, 0.05) is 10.9 Å². The van der Waals surface area contributed by atoms with E-state index in [4.69, 9.17) is 4.74 Å². The van der Waals surface area contributed by atoms with Crippen molar-refractivity contribution in [2.45, 2.75) is 52.4 Å². The minimum atomic E-state index is -1.14. The molecule has 0 aliphatic heterocycles. The van der Waals surface area contributed by atoms with Crippen LogP contribution < -0.4 is 10.2 Å². The number of pyridine rings is 1. The molecule has 2 rings (SSSR count). The van der Waals surface area contributed by atoms with Crippen LogP contribution in [0, 0.1) is 6.92 Å². The summed E-state index contributed by atoms with van der Waals surface area (Å²) < 4.78 is 5.38. The number of unbranched alkanes of at least 4 members (excludes halogenated alkanes) is 4. The lowest BCUT2D eigenvalue weighted by Crippen LogP contribution is -2.16. The molecule has 0 spiro atoms. The molecule has 0 fully saturated rings. The number of carboxylic acid groups (broad SMARTS) is 1. The highest BCUT2D eigenvalue weighted by Crippen LogP contribution is 2.26. The minimum absolute atomic E-state index is 0.0851. The topological polar surface area (TPSA) is 79.4 Å². The summed E-state index contributed by atoms with van der Waals surface area (Å²) in [7, 11) is 1.53. The fourth-order valence-electron chi connectivity index (χ4n) is 2.97.